The van der Waals surface area contributed by atoms with Gasteiger partial charge in [0.25, 0.3) is 0 Å². The predicted octanol–water partition coefficient (Wildman–Crippen LogP) is 11.8. The van der Waals surface area contributed by atoms with E-state index >= 15 is 0 Å². The Morgan fingerprint density at radius 1 is 0.354 bits per heavy atom. The summed E-state index contributed by atoms with van der Waals surface area (Å²) in [7, 11) is 0. The Hall–Kier alpha value is -6.45. The van der Waals surface area contributed by atoms with Crippen LogP contribution in [0.25, 0.3) is 98.9 Å². The summed E-state index contributed by atoms with van der Waals surface area (Å²) >= 11 is 0. The molecular formula is C45H27N3. The van der Waals surface area contributed by atoms with Crippen LogP contribution in [-0.4, -0.2) is 14.0 Å². The lowest BCUT2D eigenvalue weighted by Crippen LogP contribution is -2.00. The van der Waals surface area contributed by atoms with E-state index in [1.54, 1.807) is 0 Å². The lowest BCUT2D eigenvalue weighted by molar-refractivity contribution is 1.08. The molecular weight excluding hydrogens is 583 g/mol. The average Bonchev–Trinajstić information content (AvgIpc) is 3.81. The smallest absolute Gasteiger partial charge is 0.138 e. The molecule has 0 radical (unpaired) electrons. The largest absolute Gasteiger partial charge is 0.307 e. The molecule has 4 aromatic heterocycles. The van der Waals surface area contributed by atoms with Gasteiger partial charge in [-0.05, 0) is 46.8 Å². The van der Waals surface area contributed by atoms with Gasteiger partial charge in [-0.3, -0.25) is 4.57 Å². The maximum Gasteiger partial charge on any atom is 0.138 e. The molecule has 0 saturated heterocycles. The molecule has 0 bridgehead atoms. The van der Waals surface area contributed by atoms with Crippen LogP contribution in [0, 0.1) is 0 Å². The summed E-state index contributed by atoms with van der Waals surface area (Å²) in [5.41, 5.74) is 10.5. The van der Waals surface area contributed by atoms with E-state index in [-0.39, 0.29) is 0 Å². The molecule has 0 aliphatic rings. The maximum atomic E-state index is 5.35. The second-order valence-electron chi connectivity index (χ2n) is 12.8. The zero-order valence-electron chi connectivity index (χ0n) is 25.9. The maximum absolute atomic E-state index is 5.35. The second kappa shape index (κ2) is 9.54. The van der Waals surface area contributed by atoms with Crippen LogP contribution in [0.15, 0.2) is 164 Å². The van der Waals surface area contributed by atoms with Gasteiger partial charge in [-0.15, -0.1) is 0 Å². The van der Waals surface area contributed by atoms with Crippen molar-refractivity contribution in [3.63, 3.8) is 0 Å². The van der Waals surface area contributed by atoms with Crippen LogP contribution in [0.3, 0.4) is 0 Å². The van der Waals surface area contributed by atoms with Crippen LogP contribution in [0.5, 0.6) is 0 Å². The first-order chi connectivity index (χ1) is 23.8. The van der Waals surface area contributed by atoms with Crippen LogP contribution in [0.2, 0.25) is 0 Å². The van der Waals surface area contributed by atoms with Gasteiger partial charge in [0.05, 0.1) is 33.3 Å². The molecule has 3 nitrogen and oxygen atoms in total. The van der Waals surface area contributed by atoms with E-state index < -0.39 is 0 Å². The summed E-state index contributed by atoms with van der Waals surface area (Å²) < 4.78 is 4.86. The highest BCUT2D eigenvalue weighted by molar-refractivity contribution is 6.31. The van der Waals surface area contributed by atoms with Crippen molar-refractivity contribution in [2.75, 3.05) is 0 Å². The van der Waals surface area contributed by atoms with E-state index in [9.17, 15) is 0 Å². The minimum absolute atomic E-state index is 0.910. The average molecular weight is 610 g/mol. The summed E-state index contributed by atoms with van der Waals surface area (Å²) in [6, 6.07) is 59.2. The van der Waals surface area contributed by atoms with Crippen LogP contribution >= 0.6 is 0 Å². The summed E-state index contributed by atoms with van der Waals surface area (Å²) in [5.74, 6) is 0.910. The fourth-order valence-corrected chi connectivity index (χ4v) is 8.22. The number of para-hydroxylation sites is 3. The standard InChI is InChI=1S/C45H27N3/c1-3-12-28(13-4-1)30-26-38(29-14-5-2-6-15-29)46-42(27-30)47-40-21-10-8-17-37(40)43-32-22-23-36-34-19-11-18-33-31-16-7-9-20-39(31)48(44(33)34)45(36)35(32)24-25-41(43)47/h1-27H. The van der Waals surface area contributed by atoms with Gasteiger partial charge < -0.3 is 4.40 Å². The zero-order chi connectivity index (χ0) is 31.3. The molecule has 0 saturated carbocycles. The van der Waals surface area contributed by atoms with Gasteiger partial charge in [-0.2, -0.15) is 0 Å². The summed E-state index contributed by atoms with van der Waals surface area (Å²) in [6.45, 7) is 0. The molecule has 0 aliphatic heterocycles. The highest BCUT2D eigenvalue weighted by atomic mass is 15.1. The van der Waals surface area contributed by atoms with Crippen molar-refractivity contribution in [2.45, 2.75) is 0 Å². The molecule has 0 unspecified atom stereocenters. The molecule has 0 amide bonds. The minimum Gasteiger partial charge on any atom is -0.307 e. The van der Waals surface area contributed by atoms with Crippen molar-refractivity contribution in [3.05, 3.63) is 164 Å². The Bertz CT molecular complexity index is 2980. The summed E-state index contributed by atoms with van der Waals surface area (Å²) in [5, 5.41) is 10.2. The Morgan fingerprint density at radius 3 is 1.71 bits per heavy atom. The lowest BCUT2D eigenvalue weighted by Gasteiger charge is -2.13. The first kappa shape index (κ1) is 25.7. The van der Waals surface area contributed by atoms with Gasteiger partial charge in [0.15, 0.2) is 0 Å². The molecule has 7 aromatic carbocycles. The van der Waals surface area contributed by atoms with Gasteiger partial charge in [0.1, 0.15) is 5.82 Å². The topological polar surface area (TPSA) is 22.2 Å². The molecule has 0 fully saturated rings. The number of aromatic nitrogens is 3. The molecule has 222 valence electrons. The molecule has 0 atom stereocenters. The van der Waals surface area contributed by atoms with Crippen LogP contribution in [0.1, 0.15) is 0 Å². The highest BCUT2D eigenvalue weighted by Crippen LogP contribution is 2.44. The van der Waals surface area contributed by atoms with Crippen molar-refractivity contribution >= 4 is 70.7 Å². The number of rotatable bonds is 3. The molecule has 11 aromatic rings. The minimum atomic E-state index is 0.910. The van der Waals surface area contributed by atoms with Crippen LogP contribution in [-0.2, 0) is 0 Å². The number of pyridine rings is 1. The number of fused-ring (bicyclic) bond motifs is 12. The third-order valence-corrected chi connectivity index (χ3v) is 10.2. The SMILES string of the molecule is c1ccc(-c2cc(-c3ccccc3)nc(-n3c4ccccc4c4c5ccc6c7cccc8c9ccccc9n(c6c5ccc43)c87)c2)cc1. The van der Waals surface area contributed by atoms with E-state index in [0.29, 0.717) is 0 Å². The molecule has 0 N–H and O–H groups in total. The Morgan fingerprint density at radius 2 is 0.917 bits per heavy atom. The lowest BCUT2D eigenvalue weighted by atomic mass is 10.00. The van der Waals surface area contributed by atoms with Crippen molar-refractivity contribution in [3.8, 4) is 28.2 Å². The Labute approximate surface area is 275 Å². The quantitative estimate of drug-likeness (QED) is 0.195. The van der Waals surface area contributed by atoms with Gasteiger partial charge in [0.2, 0.25) is 0 Å². The number of hydrogen-bond donors (Lipinski definition) is 0. The van der Waals surface area contributed by atoms with Gasteiger partial charge in [-0.25, -0.2) is 4.98 Å². The normalized spacial score (nSPS) is 12.2. The fraction of sp³-hybridized carbons (Fsp3) is 0. The van der Waals surface area contributed by atoms with E-state index in [0.717, 1.165) is 33.7 Å². The third-order valence-electron chi connectivity index (χ3n) is 10.2. The van der Waals surface area contributed by atoms with Gasteiger partial charge >= 0.3 is 0 Å². The van der Waals surface area contributed by atoms with Crippen molar-refractivity contribution in [1.82, 2.24) is 14.0 Å². The van der Waals surface area contributed by atoms with Gasteiger partial charge in [-0.1, -0.05) is 133 Å². The molecule has 11 rings (SSSR count). The van der Waals surface area contributed by atoms with Gasteiger partial charge in [0, 0.05) is 43.3 Å². The van der Waals surface area contributed by atoms with Crippen LogP contribution in [0.4, 0.5) is 0 Å². The highest BCUT2D eigenvalue weighted by Gasteiger charge is 2.22. The molecule has 4 heterocycles. The number of nitrogens with zero attached hydrogens (tertiary/aromatic N) is 3. The number of benzene rings is 7. The summed E-state index contributed by atoms with van der Waals surface area (Å²) in [6.07, 6.45) is 0. The van der Waals surface area contributed by atoms with E-state index in [1.807, 2.05) is 0 Å². The molecule has 3 heteroatoms. The van der Waals surface area contributed by atoms with Crippen LogP contribution < -0.4 is 0 Å². The van der Waals surface area contributed by atoms with Crippen molar-refractivity contribution in [2.24, 2.45) is 0 Å². The number of hydrogen-bond acceptors (Lipinski definition) is 1. The van der Waals surface area contributed by atoms with E-state index in [2.05, 4.69) is 173 Å². The first-order valence-corrected chi connectivity index (χ1v) is 16.5. The zero-order valence-corrected chi connectivity index (χ0v) is 25.9. The molecule has 0 spiro atoms. The summed E-state index contributed by atoms with van der Waals surface area (Å²) in [4.78, 5) is 5.35. The Kier molecular flexibility index (Phi) is 5.11. The monoisotopic (exact) mass is 609 g/mol. The predicted molar refractivity (Wildman–Crippen MR) is 202 cm³/mol. The third kappa shape index (κ3) is 3.40. The van der Waals surface area contributed by atoms with E-state index in [1.165, 1.54) is 65.2 Å². The molecule has 0 aliphatic carbocycles. The van der Waals surface area contributed by atoms with E-state index in [4.69, 9.17) is 4.98 Å². The Balaban J connectivity index is 1.27. The first-order valence-electron chi connectivity index (χ1n) is 16.5. The molecule has 48 heavy (non-hydrogen) atoms. The van der Waals surface area contributed by atoms with Crippen molar-refractivity contribution < 1.29 is 0 Å². The second-order valence-corrected chi connectivity index (χ2v) is 12.8. The fourth-order valence-electron chi connectivity index (χ4n) is 8.22. The van der Waals surface area contributed by atoms with Crippen molar-refractivity contribution in [1.29, 1.82) is 0 Å².